The Hall–Kier alpha value is -1.35. The fourth-order valence-electron chi connectivity index (χ4n) is 2.33. The summed E-state index contributed by atoms with van der Waals surface area (Å²) in [6.45, 7) is 4.37. The van der Waals surface area contributed by atoms with Gasteiger partial charge in [0, 0.05) is 11.8 Å². The van der Waals surface area contributed by atoms with Crippen LogP contribution in [0.5, 0.6) is 0 Å². The third-order valence-electron chi connectivity index (χ3n) is 3.22. The van der Waals surface area contributed by atoms with Crippen LogP contribution in [0.1, 0.15) is 44.8 Å². The largest absolute Gasteiger partial charge is 0.388 e. The number of fused-ring (bicyclic) bond motifs is 1. The summed E-state index contributed by atoms with van der Waals surface area (Å²) in [5.41, 5.74) is 1.94. The van der Waals surface area contributed by atoms with Crippen molar-refractivity contribution in [2.45, 2.75) is 39.2 Å². The molecule has 2 rings (SSSR count). The highest BCUT2D eigenvalue weighted by Crippen LogP contribution is 2.26. The van der Waals surface area contributed by atoms with Gasteiger partial charge in [0.15, 0.2) is 0 Å². The standard InChI is InChI=1S/C14H20N2O/c1-3-6-11(2)9-14(17)12-10-15-16-8-5-4-7-13(12)16/h4-5,7-8,10-11,14,17H,3,6,9H2,1-2H3. The predicted molar refractivity (Wildman–Crippen MR) is 68.8 cm³/mol. The molecular formula is C14H20N2O. The molecule has 0 aliphatic heterocycles. The van der Waals surface area contributed by atoms with Crippen LogP contribution in [0, 0.1) is 5.92 Å². The summed E-state index contributed by atoms with van der Waals surface area (Å²) < 4.78 is 1.81. The van der Waals surface area contributed by atoms with Gasteiger partial charge in [-0.25, -0.2) is 4.52 Å². The molecule has 2 heterocycles. The van der Waals surface area contributed by atoms with Crippen LogP contribution < -0.4 is 0 Å². The van der Waals surface area contributed by atoms with E-state index < -0.39 is 6.10 Å². The lowest BCUT2D eigenvalue weighted by atomic mass is 9.95. The second-order valence-corrected chi connectivity index (χ2v) is 4.78. The molecule has 2 atom stereocenters. The molecule has 0 amide bonds. The van der Waals surface area contributed by atoms with Gasteiger partial charge in [0.1, 0.15) is 0 Å². The zero-order chi connectivity index (χ0) is 12.3. The van der Waals surface area contributed by atoms with Crippen LogP contribution in [0.2, 0.25) is 0 Å². The predicted octanol–water partition coefficient (Wildman–Crippen LogP) is 3.19. The summed E-state index contributed by atoms with van der Waals surface area (Å²) in [6.07, 6.45) is 6.42. The minimum atomic E-state index is -0.406. The molecule has 2 aromatic rings. The molecule has 0 saturated carbocycles. The third-order valence-corrected chi connectivity index (χ3v) is 3.22. The zero-order valence-electron chi connectivity index (χ0n) is 10.5. The number of aromatic nitrogens is 2. The lowest BCUT2D eigenvalue weighted by Crippen LogP contribution is -2.04. The maximum absolute atomic E-state index is 10.3. The molecule has 92 valence electrons. The highest BCUT2D eigenvalue weighted by molar-refractivity contribution is 5.54. The normalized spacial score (nSPS) is 15.0. The quantitative estimate of drug-likeness (QED) is 0.859. The summed E-state index contributed by atoms with van der Waals surface area (Å²) >= 11 is 0. The summed E-state index contributed by atoms with van der Waals surface area (Å²) in [5, 5.41) is 14.5. The third kappa shape index (κ3) is 2.67. The van der Waals surface area contributed by atoms with Gasteiger partial charge in [-0.3, -0.25) is 0 Å². The Labute approximate surface area is 102 Å². The van der Waals surface area contributed by atoms with Crippen molar-refractivity contribution >= 4 is 5.52 Å². The van der Waals surface area contributed by atoms with Crippen LogP contribution in [0.25, 0.3) is 5.52 Å². The first kappa shape index (κ1) is 12.1. The summed E-state index contributed by atoms with van der Waals surface area (Å²) in [4.78, 5) is 0. The average Bonchev–Trinajstić information content (AvgIpc) is 2.72. The molecule has 0 bridgehead atoms. The van der Waals surface area contributed by atoms with Crippen molar-refractivity contribution in [3.8, 4) is 0 Å². The van der Waals surface area contributed by atoms with Crippen LogP contribution in [0.15, 0.2) is 30.6 Å². The fraction of sp³-hybridized carbons (Fsp3) is 0.500. The topological polar surface area (TPSA) is 37.5 Å². The Balaban J connectivity index is 2.16. The molecule has 17 heavy (non-hydrogen) atoms. The Morgan fingerprint density at radius 3 is 3.00 bits per heavy atom. The second kappa shape index (κ2) is 5.32. The Bertz CT molecular complexity index is 478. The number of aliphatic hydroxyl groups is 1. The number of nitrogens with zero attached hydrogens (tertiary/aromatic N) is 2. The van der Waals surface area contributed by atoms with E-state index in [0.29, 0.717) is 5.92 Å². The van der Waals surface area contributed by atoms with Gasteiger partial charge in [-0.2, -0.15) is 5.10 Å². The summed E-state index contributed by atoms with van der Waals surface area (Å²) in [6, 6.07) is 5.91. The molecule has 0 saturated heterocycles. The Morgan fingerprint density at radius 1 is 1.41 bits per heavy atom. The van der Waals surface area contributed by atoms with E-state index in [9.17, 15) is 5.11 Å². The van der Waals surface area contributed by atoms with Crippen molar-refractivity contribution in [1.29, 1.82) is 0 Å². The van der Waals surface area contributed by atoms with Crippen LogP contribution in [-0.4, -0.2) is 14.7 Å². The van der Waals surface area contributed by atoms with Crippen molar-refractivity contribution in [2.75, 3.05) is 0 Å². The molecule has 3 nitrogen and oxygen atoms in total. The number of hydrogen-bond acceptors (Lipinski definition) is 2. The molecule has 0 fully saturated rings. The Morgan fingerprint density at radius 2 is 2.24 bits per heavy atom. The fourth-order valence-corrected chi connectivity index (χ4v) is 2.33. The minimum Gasteiger partial charge on any atom is -0.388 e. The van der Waals surface area contributed by atoms with E-state index in [1.165, 1.54) is 6.42 Å². The number of aliphatic hydroxyl groups excluding tert-OH is 1. The maximum atomic E-state index is 10.3. The van der Waals surface area contributed by atoms with Crippen molar-refractivity contribution in [3.05, 3.63) is 36.2 Å². The molecule has 1 N–H and O–H groups in total. The zero-order valence-corrected chi connectivity index (χ0v) is 10.5. The second-order valence-electron chi connectivity index (χ2n) is 4.78. The first-order valence-corrected chi connectivity index (χ1v) is 6.32. The van der Waals surface area contributed by atoms with Crippen LogP contribution in [0.4, 0.5) is 0 Å². The van der Waals surface area contributed by atoms with Gasteiger partial charge in [0.05, 0.1) is 17.8 Å². The lowest BCUT2D eigenvalue weighted by Gasteiger charge is -2.14. The molecule has 2 unspecified atom stereocenters. The average molecular weight is 232 g/mol. The van der Waals surface area contributed by atoms with E-state index >= 15 is 0 Å². The molecule has 0 spiro atoms. The van der Waals surface area contributed by atoms with Gasteiger partial charge in [0.2, 0.25) is 0 Å². The Kier molecular flexibility index (Phi) is 3.79. The van der Waals surface area contributed by atoms with Gasteiger partial charge in [-0.15, -0.1) is 0 Å². The summed E-state index contributed by atoms with van der Waals surface area (Å²) in [5.74, 6) is 0.550. The molecule has 0 aromatic carbocycles. The molecular weight excluding hydrogens is 212 g/mol. The minimum absolute atomic E-state index is 0.406. The lowest BCUT2D eigenvalue weighted by molar-refractivity contribution is 0.146. The van der Waals surface area contributed by atoms with Gasteiger partial charge < -0.3 is 5.11 Å². The SMILES string of the molecule is CCCC(C)CC(O)c1cnn2ccccc12. The molecule has 0 aliphatic carbocycles. The van der Waals surface area contributed by atoms with Gasteiger partial charge in [0.25, 0.3) is 0 Å². The number of pyridine rings is 1. The highest BCUT2D eigenvalue weighted by atomic mass is 16.3. The van der Waals surface area contributed by atoms with Gasteiger partial charge >= 0.3 is 0 Å². The summed E-state index contributed by atoms with van der Waals surface area (Å²) in [7, 11) is 0. The van der Waals surface area contributed by atoms with Gasteiger partial charge in [-0.05, 0) is 24.5 Å². The van der Waals surface area contributed by atoms with E-state index in [-0.39, 0.29) is 0 Å². The van der Waals surface area contributed by atoms with E-state index in [1.54, 1.807) is 6.20 Å². The monoisotopic (exact) mass is 232 g/mol. The first-order chi connectivity index (χ1) is 8.22. The number of hydrogen-bond donors (Lipinski definition) is 1. The van der Waals surface area contributed by atoms with Crippen molar-refractivity contribution < 1.29 is 5.11 Å². The van der Waals surface area contributed by atoms with Crippen LogP contribution in [0.3, 0.4) is 0 Å². The molecule has 3 heteroatoms. The first-order valence-electron chi connectivity index (χ1n) is 6.32. The smallest absolute Gasteiger partial charge is 0.0829 e. The van der Waals surface area contributed by atoms with E-state index in [2.05, 4.69) is 18.9 Å². The van der Waals surface area contributed by atoms with Gasteiger partial charge in [-0.1, -0.05) is 32.8 Å². The maximum Gasteiger partial charge on any atom is 0.0829 e. The number of rotatable bonds is 5. The highest BCUT2D eigenvalue weighted by Gasteiger charge is 2.16. The molecule has 0 radical (unpaired) electrons. The van der Waals surface area contributed by atoms with Crippen LogP contribution in [-0.2, 0) is 0 Å². The van der Waals surface area contributed by atoms with E-state index in [4.69, 9.17) is 0 Å². The van der Waals surface area contributed by atoms with E-state index in [1.807, 2.05) is 28.9 Å². The van der Waals surface area contributed by atoms with Crippen LogP contribution >= 0.6 is 0 Å². The molecule has 0 aliphatic rings. The van der Waals surface area contributed by atoms with Crippen molar-refractivity contribution in [3.63, 3.8) is 0 Å². The van der Waals surface area contributed by atoms with Crippen molar-refractivity contribution in [2.24, 2.45) is 5.92 Å². The molecule has 2 aromatic heterocycles. The van der Waals surface area contributed by atoms with E-state index in [0.717, 1.165) is 23.9 Å². The van der Waals surface area contributed by atoms with Crippen molar-refractivity contribution in [1.82, 2.24) is 9.61 Å².